The van der Waals surface area contributed by atoms with Gasteiger partial charge in [-0.25, -0.2) is 0 Å². The summed E-state index contributed by atoms with van der Waals surface area (Å²) in [6.07, 6.45) is 9.38. The lowest BCUT2D eigenvalue weighted by Gasteiger charge is -2.15. The molecule has 0 spiro atoms. The Balaban J connectivity index is 2.04. The Kier molecular flexibility index (Phi) is 4.11. The average molecular weight is 238 g/mol. The van der Waals surface area contributed by atoms with Crippen molar-refractivity contribution in [2.24, 2.45) is 5.92 Å². The van der Waals surface area contributed by atoms with E-state index in [1.165, 1.54) is 44.1 Å². The Morgan fingerprint density at radius 3 is 2.50 bits per heavy atom. The monoisotopic (exact) mass is 237 g/mol. The highest BCUT2D eigenvalue weighted by molar-refractivity contribution is 6.33. The van der Waals surface area contributed by atoms with E-state index >= 15 is 0 Å². The lowest BCUT2D eigenvalue weighted by Crippen LogP contribution is -2.05. The van der Waals surface area contributed by atoms with Gasteiger partial charge in [-0.2, -0.15) is 0 Å². The van der Waals surface area contributed by atoms with Gasteiger partial charge in [0.05, 0.1) is 10.7 Å². The number of hydrogen-bond donors (Lipinski definition) is 1. The van der Waals surface area contributed by atoms with Crippen LogP contribution in [-0.4, -0.2) is 0 Å². The Morgan fingerprint density at radius 2 is 1.81 bits per heavy atom. The summed E-state index contributed by atoms with van der Waals surface area (Å²) >= 11 is 6.04. The van der Waals surface area contributed by atoms with Gasteiger partial charge in [0.1, 0.15) is 0 Å². The maximum Gasteiger partial charge on any atom is 0.0638 e. The molecule has 0 heterocycles. The van der Waals surface area contributed by atoms with Crippen LogP contribution in [0.2, 0.25) is 5.02 Å². The molecule has 1 aliphatic rings. The SMILES string of the molecule is Nc1c(Cl)cccc1CC1CCCCCC1. The summed E-state index contributed by atoms with van der Waals surface area (Å²) in [7, 11) is 0. The molecule has 1 aliphatic carbocycles. The Morgan fingerprint density at radius 1 is 1.12 bits per heavy atom. The predicted octanol–water partition coefficient (Wildman–Crippen LogP) is 4.44. The van der Waals surface area contributed by atoms with E-state index in [1.54, 1.807) is 0 Å². The number of anilines is 1. The summed E-state index contributed by atoms with van der Waals surface area (Å²) < 4.78 is 0. The van der Waals surface area contributed by atoms with Crippen LogP contribution in [0.5, 0.6) is 0 Å². The van der Waals surface area contributed by atoms with Gasteiger partial charge in [0.25, 0.3) is 0 Å². The number of hydrogen-bond acceptors (Lipinski definition) is 1. The first-order valence-corrected chi connectivity index (χ1v) is 6.68. The molecule has 0 bridgehead atoms. The molecule has 0 aliphatic heterocycles. The normalized spacial score (nSPS) is 18.3. The summed E-state index contributed by atoms with van der Waals surface area (Å²) in [5.41, 5.74) is 8.03. The van der Waals surface area contributed by atoms with E-state index in [-0.39, 0.29) is 0 Å². The van der Waals surface area contributed by atoms with E-state index in [0.29, 0.717) is 5.02 Å². The third kappa shape index (κ3) is 2.91. The molecule has 88 valence electrons. The minimum Gasteiger partial charge on any atom is -0.397 e. The quantitative estimate of drug-likeness (QED) is 0.598. The highest BCUT2D eigenvalue weighted by Gasteiger charge is 2.14. The Bertz CT molecular complexity index is 341. The van der Waals surface area contributed by atoms with E-state index in [9.17, 15) is 0 Å². The highest BCUT2D eigenvalue weighted by Crippen LogP contribution is 2.30. The second-order valence-corrected chi connectivity index (χ2v) is 5.28. The van der Waals surface area contributed by atoms with Crippen LogP contribution in [0.1, 0.15) is 44.1 Å². The number of halogens is 1. The van der Waals surface area contributed by atoms with Gasteiger partial charge in [0.2, 0.25) is 0 Å². The van der Waals surface area contributed by atoms with Crippen LogP contribution in [0.25, 0.3) is 0 Å². The molecule has 16 heavy (non-hydrogen) atoms. The zero-order valence-corrected chi connectivity index (χ0v) is 10.5. The summed E-state index contributed by atoms with van der Waals surface area (Å²) in [4.78, 5) is 0. The number of nitrogens with two attached hydrogens (primary N) is 1. The fraction of sp³-hybridized carbons (Fsp3) is 0.571. The molecule has 0 atom stereocenters. The van der Waals surface area contributed by atoms with E-state index in [4.69, 9.17) is 17.3 Å². The smallest absolute Gasteiger partial charge is 0.0638 e. The molecule has 2 heteroatoms. The Hall–Kier alpha value is -0.690. The van der Waals surface area contributed by atoms with Crippen LogP contribution < -0.4 is 5.73 Å². The van der Waals surface area contributed by atoms with Crippen LogP contribution in [0, 0.1) is 5.92 Å². The average Bonchev–Trinajstić information content (AvgIpc) is 2.53. The summed E-state index contributed by atoms with van der Waals surface area (Å²) in [6.45, 7) is 0. The highest BCUT2D eigenvalue weighted by atomic mass is 35.5. The molecule has 1 nitrogen and oxygen atoms in total. The third-order valence-electron chi connectivity index (χ3n) is 3.63. The molecule has 1 saturated carbocycles. The van der Waals surface area contributed by atoms with Crippen molar-refractivity contribution < 1.29 is 0 Å². The topological polar surface area (TPSA) is 26.0 Å². The zero-order chi connectivity index (χ0) is 11.4. The van der Waals surface area contributed by atoms with E-state index in [0.717, 1.165) is 18.0 Å². The van der Waals surface area contributed by atoms with Gasteiger partial charge >= 0.3 is 0 Å². The molecule has 0 amide bonds. The van der Waals surface area contributed by atoms with Gasteiger partial charge in [-0.05, 0) is 24.0 Å². The number of nitrogen functional groups attached to an aromatic ring is 1. The first kappa shape index (κ1) is 11.8. The molecular formula is C14H20ClN. The van der Waals surface area contributed by atoms with Crippen molar-refractivity contribution in [1.82, 2.24) is 0 Å². The second-order valence-electron chi connectivity index (χ2n) is 4.87. The number of rotatable bonds is 2. The van der Waals surface area contributed by atoms with Crippen molar-refractivity contribution in [2.45, 2.75) is 44.9 Å². The molecule has 2 rings (SSSR count). The molecule has 1 aromatic carbocycles. The van der Waals surface area contributed by atoms with Crippen LogP contribution in [-0.2, 0) is 6.42 Å². The molecule has 1 aromatic rings. The summed E-state index contributed by atoms with van der Waals surface area (Å²) in [6, 6.07) is 5.99. The van der Waals surface area contributed by atoms with Crippen molar-refractivity contribution in [3.8, 4) is 0 Å². The molecule has 2 N–H and O–H groups in total. The van der Waals surface area contributed by atoms with Gasteiger partial charge in [-0.3, -0.25) is 0 Å². The van der Waals surface area contributed by atoms with Crippen LogP contribution in [0.3, 0.4) is 0 Å². The predicted molar refractivity (Wildman–Crippen MR) is 70.8 cm³/mol. The fourth-order valence-electron chi connectivity index (χ4n) is 2.64. The van der Waals surface area contributed by atoms with Crippen molar-refractivity contribution in [3.05, 3.63) is 28.8 Å². The summed E-state index contributed by atoms with van der Waals surface area (Å²) in [5, 5.41) is 0.700. The first-order chi connectivity index (χ1) is 7.77. The van der Waals surface area contributed by atoms with E-state index in [1.807, 2.05) is 12.1 Å². The molecule has 0 saturated heterocycles. The lowest BCUT2D eigenvalue weighted by atomic mass is 9.92. The molecular weight excluding hydrogens is 218 g/mol. The minimum absolute atomic E-state index is 0.700. The fourth-order valence-corrected chi connectivity index (χ4v) is 2.83. The summed E-state index contributed by atoms with van der Waals surface area (Å²) in [5.74, 6) is 0.809. The molecule has 1 fully saturated rings. The largest absolute Gasteiger partial charge is 0.397 e. The lowest BCUT2D eigenvalue weighted by molar-refractivity contribution is 0.458. The van der Waals surface area contributed by atoms with Crippen LogP contribution in [0.4, 0.5) is 5.69 Å². The van der Waals surface area contributed by atoms with Gasteiger partial charge in [-0.1, -0.05) is 62.3 Å². The Labute approximate surface area is 103 Å². The van der Waals surface area contributed by atoms with Crippen molar-refractivity contribution in [1.29, 1.82) is 0 Å². The van der Waals surface area contributed by atoms with Crippen molar-refractivity contribution in [2.75, 3.05) is 5.73 Å². The third-order valence-corrected chi connectivity index (χ3v) is 3.96. The van der Waals surface area contributed by atoms with Crippen LogP contribution >= 0.6 is 11.6 Å². The molecule has 0 radical (unpaired) electrons. The van der Waals surface area contributed by atoms with Crippen molar-refractivity contribution >= 4 is 17.3 Å². The minimum atomic E-state index is 0.700. The van der Waals surface area contributed by atoms with Gasteiger partial charge < -0.3 is 5.73 Å². The van der Waals surface area contributed by atoms with Crippen molar-refractivity contribution in [3.63, 3.8) is 0 Å². The van der Waals surface area contributed by atoms with E-state index in [2.05, 4.69) is 6.07 Å². The van der Waals surface area contributed by atoms with Gasteiger partial charge in [0.15, 0.2) is 0 Å². The zero-order valence-electron chi connectivity index (χ0n) is 9.71. The number of benzene rings is 1. The maximum absolute atomic E-state index is 6.04. The number of para-hydroxylation sites is 1. The standard InChI is InChI=1S/C14H20ClN/c15-13-9-5-8-12(14(13)16)10-11-6-3-1-2-4-7-11/h5,8-9,11H,1-4,6-7,10,16H2. The van der Waals surface area contributed by atoms with E-state index < -0.39 is 0 Å². The molecule has 0 unspecified atom stereocenters. The van der Waals surface area contributed by atoms with Gasteiger partial charge in [-0.15, -0.1) is 0 Å². The van der Waals surface area contributed by atoms with Crippen LogP contribution in [0.15, 0.2) is 18.2 Å². The molecule has 0 aromatic heterocycles. The maximum atomic E-state index is 6.04. The second kappa shape index (κ2) is 5.58. The van der Waals surface area contributed by atoms with Gasteiger partial charge in [0, 0.05) is 0 Å². The first-order valence-electron chi connectivity index (χ1n) is 6.30.